The summed E-state index contributed by atoms with van der Waals surface area (Å²) in [5, 5.41) is 8.77. The Morgan fingerprint density at radius 1 is 0.967 bits per heavy atom. The van der Waals surface area contributed by atoms with Crippen LogP contribution in [0.3, 0.4) is 0 Å². The molecule has 1 aliphatic rings. The fourth-order valence-electron chi connectivity index (χ4n) is 4.03. The van der Waals surface area contributed by atoms with E-state index in [1.54, 1.807) is 11.3 Å². The van der Waals surface area contributed by atoms with Gasteiger partial charge >= 0.3 is 0 Å². The maximum Gasteiger partial charge on any atom is 0.234 e. The van der Waals surface area contributed by atoms with Gasteiger partial charge in [0.1, 0.15) is 0 Å². The Bertz CT molecular complexity index is 891. The van der Waals surface area contributed by atoms with E-state index >= 15 is 0 Å². The second-order valence-corrected chi connectivity index (χ2v) is 8.82. The average molecular weight is 420 g/mol. The smallest absolute Gasteiger partial charge is 0.234 e. The first-order valence-electron chi connectivity index (χ1n) is 10.7. The minimum absolute atomic E-state index is 0.0460. The van der Waals surface area contributed by atoms with Crippen LogP contribution in [0.25, 0.3) is 0 Å². The third kappa shape index (κ3) is 5.79. The highest BCUT2D eigenvalue weighted by molar-refractivity contribution is 7.10. The van der Waals surface area contributed by atoms with E-state index in [4.69, 9.17) is 0 Å². The van der Waals surface area contributed by atoms with Crippen molar-refractivity contribution in [3.8, 4) is 0 Å². The number of hydrogen-bond acceptors (Lipinski definition) is 4. The molecule has 5 heteroatoms. The number of benzene rings is 2. The summed E-state index contributed by atoms with van der Waals surface area (Å²) in [5.74, 6) is 0.0778. The van der Waals surface area contributed by atoms with Crippen LogP contribution < -0.4 is 10.6 Å². The molecule has 0 aliphatic carbocycles. The number of nitrogens with one attached hydrogen (secondary N) is 2. The molecule has 0 unspecified atom stereocenters. The molecule has 2 aromatic carbocycles. The molecule has 4 rings (SSSR count). The van der Waals surface area contributed by atoms with Crippen molar-refractivity contribution in [2.24, 2.45) is 0 Å². The van der Waals surface area contributed by atoms with Gasteiger partial charge in [-0.05, 0) is 35.4 Å². The van der Waals surface area contributed by atoms with Crippen LogP contribution >= 0.6 is 11.3 Å². The van der Waals surface area contributed by atoms with Crippen molar-refractivity contribution in [2.75, 3.05) is 19.6 Å². The average Bonchev–Trinajstić information content (AvgIpc) is 3.31. The van der Waals surface area contributed by atoms with Crippen LogP contribution in [0.1, 0.15) is 34.9 Å². The van der Waals surface area contributed by atoms with E-state index in [0.717, 1.165) is 32.5 Å². The van der Waals surface area contributed by atoms with Crippen LogP contribution in [0, 0.1) is 0 Å². The van der Waals surface area contributed by atoms with E-state index in [1.165, 1.54) is 16.0 Å². The van der Waals surface area contributed by atoms with Gasteiger partial charge in [0.15, 0.2) is 0 Å². The van der Waals surface area contributed by atoms with Crippen LogP contribution in [0.2, 0.25) is 0 Å². The highest BCUT2D eigenvalue weighted by Gasteiger charge is 2.21. The number of nitrogens with zero attached hydrogens (tertiary/aromatic N) is 1. The zero-order chi connectivity index (χ0) is 20.6. The van der Waals surface area contributed by atoms with Crippen molar-refractivity contribution in [2.45, 2.75) is 31.5 Å². The predicted molar refractivity (Wildman–Crippen MR) is 123 cm³/mol. The second-order valence-electron chi connectivity index (χ2n) is 7.84. The van der Waals surface area contributed by atoms with Crippen molar-refractivity contribution < 1.29 is 4.79 Å². The second kappa shape index (κ2) is 10.5. The van der Waals surface area contributed by atoms with E-state index in [9.17, 15) is 4.79 Å². The molecule has 2 N–H and O–H groups in total. The molecule has 2 heterocycles. The van der Waals surface area contributed by atoms with Gasteiger partial charge in [-0.2, -0.15) is 0 Å². The number of piperidine rings is 1. The molecule has 1 fully saturated rings. The molecule has 156 valence electrons. The number of hydrogen-bond donors (Lipinski definition) is 2. The van der Waals surface area contributed by atoms with Crippen molar-refractivity contribution in [1.82, 2.24) is 15.5 Å². The summed E-state index contributed by atoms with van der Waals surface area (Å²) in [5.41, 5.74) is 2.53. The number of thiophene rings is 1. The number of likely N-dealkylation sites (tertiary alicyclic amines) is 1. The third-order valence-corrected chi connectivity index (χ3v) is 6.57. The Balaban J connectivity index is 1.24. The van der Waals surface area contributed by atoms with E-state index in [1.807, 2.05) is 18.2 Å². The standard InChI is InChI=1S/C25H29N3OS/c29-24(18-26-25(23-12-7-17-30-23)21-10-5-2-6-11-21)27-22-13-15-28(16-14-22)19-20-8-3-1-4-9-20/h1-12,17,22,25-26H,13-16,18-19H2,(H,27,29)/t25-/m1/s1. The van der Waals surface area contributed by atoms with Gasteiger partial charge in [-0.1, -0.05) is 66.7 Å². The van der Waals surface area contributed by atoms with E-state index in [-0.39, 0.29) is 18.0 Å². The van der Waals surface area contributed by atoms with Gasteiger partial charge in [0.2, 0.25) is 5.91 Å². The lowest BCUT2D eigenvalue weighted by molar-refractivity contribution is -0.121. The molecule has 0 saturated carbocycles. The van der Waals surface area contributed by atoms with Gasteiger partial charge in [-0.25, -0.2) is 0 Å². The summed E-state index contributed by atoms with van der Waals surface area (Å²) in [7, 11) is 0. The Morgan fingerprint density at radius 2 is 1.67 bits per heavy atom. The third-order valence-electron chi connectivity index (χ3n) is 5.63. The molecule has 1 saturated heterocycles. The van der Waals surface area contributed by atoms with Crippen molar-refractivity contribution >= 4 is 17.2 Å². The first-order valence-corrected chi connectivity index (χ1v) is 11.5. The van der Waals surface area contributed by atoms with Crippen molar-refractivity contribution in [3.63, 3.8) is 0 Å². The lowest BCUT2D eigenvalue weighted by atomic mass is 10.0. The summed E-state index contributed by atoms with van der Waals surface area (Å²) in [6.07, 6.45) is 2.01. The number of carbonyl (C=O) groups is 1. The molecule has 30 heavy (non-hydrogen) atoms. The van der Waals surface area contributed by atoms with Crippen molar-refractivity contribution in [1.29, 1.82) is 0 Å². The quantitative estimate of drug-likeness (QED) is 0.575. The van der Waals surface area contributed by atoms with E-state index < -0.39 is 0 Å². The summed E-state index contributed by atoms with van der Waals surface area (Å²) in [4.78, 5) is 16.3. The number of carbonyl (C=O) groups excluding carboxylic acids is 1. The fourth-order valence-corrected chi connectivity index (χ4v) is 4.86. The normalized spacial score (nSPS) is 16.3. The van der Waals surface area contributed by atoms with E-state index in [2.05, 4.69) is 75.5 Å². The molecular formula is C25H29N3OS. The van der Waals surface area contributed by atoms with Gasteiger partial charge in [0.05, 0.1) is 12.6 Å². The van der Waals surface area contributed by atoms with Crippen LogP contribution in [-0.2, 0) is 11.3 Å². The summed E-state index contributed by atoms with van der Waals surface area (Å²) >= 11 is 1.71. The molecule has 1 aromatic heterocycles. The summed E-state index contributed by atoms with van der Waals surface area (Å²) < 4.78 is 0. The van der Waals surface area contributed by atoms with E-state index in [0.29, 0.717) is 6.54 Å². The summed E-state index contributed by atoms with van der Waals surface area (Å²) in [6, 6.07) is 25.4. The minimum Gasteiger partial charge on any atom is -0.352 e. The lowest BCUT2D eigenvalue weighted by Gasteiger charge is -2.32. The SMILES string of the molecule is O=C(CN[C@H](c1ccccc1)c1cccs1)NC1CCN(Cc2ccccc2)CC1. The van der Waals surface area contributed by atoms with Gasteiger partial charge < -0.3 is 5.32 Å². The maximum absolute atomic E-state index is 12.6. The molecule has 1 aliphatic heterocycles. The molecular weight excluding hydrogens is 390 g/mol. The predicted octanol–water partition coefficient (Wildman–Crippen LogP) is 4.21. The fraction of sp³-hybridized carbons (Fsp3) is 0.320. The Hall–Kier alpha value is -2.47. The molecule has 1 atom stereocenters. The lowest BCUT2D eigenvalue weighted by Crippen LogP contribution is -2.47. The Morgan fingerprint density at radius 3 is 2.33 bits per heavy atom. The number of amides is 1. The first kappa shape index (κ1) is 20.8. The minimum atomic E-state index is 0.0460. The summed E-state index contributed by atoms with van der Waals surface area (Å²) in [6.45, 7) is 3.36. The van der Waals surface area contributed by atoms with Gasteiger partial charge in [-0.3, -0.25) is 15.0 Å². The van der Waals surface area contributed by atoms with Crippen LogP contribution in [0.4, 0.5) is 0 Å². The van der Waals surface area contributed by atoms with Crippen LogP contribution in [0.15, 0.2) is 78.2 Å². The zero-order valence-corrected chi connectivity index (χ0v) is 18.0. The Kier molecular flexibility index (Phi) is 7.29. The van der Waals surface area contributed by atoms with Crippen molar-refractivity contribution in [3.05, 3.63) is 94.2 Å². The molecule has 0 radical (unpaired) electrons. The van der Waals surface area contributed by atoms with Crippen LogP contribution in [0.5, 0.6) is 0 Å². The Labute approximate surface area is 182 Å². The van der Waals surface area contributed by atoms with Gasteiger partial charge in [0, 0.05) is 30.6 Å². The molecule has 1 amide bonds. The maximum atomic E-state index is 12.6. The number of rotatable bonds is 8. The molecule has 0 spiro atoms. The van der Waals surface area contributed by atoms with Crippen LogP contribution in [-0.4, -0.2) is 36.5 Å². The first-order chi connectivity index (χ1) is 14.8. The largest absolute Gasteiger partial charge is 0.352 e. The topological polar surface area (TPSA) is 44.4 Å². The highest BCUT2D eigenvalue weighted by atomic mass is 32.1. The van der Waals surface area contributed by atoms with Gasteiger partial charge in [0.25, 0.3) is 0 Å². The molecule has 4 nitrogen and oxygen atoms in total. The monoisotopic (exact) mass is 419 g/mol. The van der Waals surface area contributed by atoms with Gasteiger partial charge in [-0.15, -0.1) is 11.3 Å². The molecule has 3 aromatic rings. The molecule has 0 bridgehead atoms. The highest BCUT2D eigenvalue weighted by Crippen LogP contribution is 2.25. The zero-order valence-electron chi connectivity index (χ0n) is 17.2.